The van der Waals surface area contributed by atoms with Crippen molar-refractivity contribution in [3.05, 3.63) is 58.6 Å². The van der Waals surface area contributed by atoms with Gasteiger partial charge < -0.3 is 15.4 Å². The van der Waals surface area contributed by atoms with Crippen molar-refractivity contribution >= 4 is 39.7 Å². The van der Waals surface area contributed by atoms with Gasteiger partial charge in [-0.05, 0) is 49.6 Å². The zero-order valence-corrected chi connectivity index (χ0v) is 18.8. The first kappa shape index (κ1) is 21.5. The first-order valence-electron chi connectivity index (χ1n) is 11.0. The second-order valence-electron chi connectivity index (χ2n) is 8.41. The molecule has 0 unspecified atom stereocenters. The maximum absolute atomic E-state index is 13.1. The highest BCUT2D eigenvalue weighted by Gasteiger charge is 2.30. The number of hydrogen-bond acceptors (Lipinski definition) is 7. The number of nitrogens with zero attached hydrogens (tertiary/aromatic N) is 5. The van der Waals surface area contributed by atoms with Gasteiger partial charge in [-0.25, -0.2) is 19.6 Å². The Morgan fingerprint density at radius 1 is 1.18 bits per heavy atom. The summed E-state index contributed by atoms with van der Waals surface area (Å²) < 4.78 is 8.08. The molecule has 0 bridgehead atoms. The van der Waals surface area contributed by atoms with Crippen molar-refractivity contribution in [2.45, 2.75) is 31.3 Å². The molecule has 1 amide bonds. The SMILES string of the molecule is COC(=O)N[C@@H]1CC[C@@H](n2c(=O)n(C)c3cnc(Nc4ccc5cc(C#N)ccc5n4)cc32)C1. The van der Waals surface area contributed by atoms with Crippen LogP contribution in [-0.2, 0) is 11.8 Å². The summed E-state index contributed by atoms with van der Waals surface area (Å²) >= 11 is 0. The van der Waals surface area contributed by atoms with E-state index < -0.39 is 6.09 Å². The summed E-state index contributed by atoms with van der Waals surface area (Å²) in [6.45, 7) is 0. The second-order valence-corrected chi connectivity index (χ2v) is 8.41. The number of carbonyl (C=O) groups is 1. The molecule has 3 heterocycles. The number of benzene rings is 1. The second kappa shape index (κ2) is 8.51. The average molecular weight is 457 g/mol. The van der Waals surface area contributed by atoms with Gasteiger partial charge in [0.25, 0.3) is 0 Å². The Labute approximate surface area is 194 Å². The van der Waals surface area contributed by atoms with Crippen LogP contribution in [0.5, 0.6) is 0 Å². The molecule has 0 aliphatic heterocycles. The predicted octanol–water partition coefficient (Wildman–Crippen LogP) is 3.35. The van der Waals surface area contributed by atoms with Crippen LogP contribution in [0.25, 0.3) is 21.9 Å². The van der Waals surface area contributed by atoms with E-state index in [0.717, 1.165) is 34.8 Å². The third-order valence-electron chi connectivity index (χ3n) is 6.33. The molecule has 1 aliphatic rings. The molecule has 10 heteroatoms. The van der Waals surface area contributed by atoms with Gasteiger partial charge in [0, 0.05) is 30.6 Å². The van der Waals surface area contributed by atoms with E-state index in [4.69, 9.17) is 10.00 Å². The van der Waals surface area contributed by atoms with Gasteiger partial charge in [0.15, 0.2) is 0 Å². The highest BCUT2D eigenvalue weighted by molar-refractivity contribution is 5.83. The van der Waals surface area contributed by atoms with E-state index in [1.807, 2.05) is 24.3 Å². The minimum absolute atomic E-state index is 0.0395. The number of carbonyl (C=O) groups excluding carboxylic acids is 1. The van der Waals surface area contributed by atoms with Gasteiger partial charge in [-0.15, -0.1) is 0 Å². The lowest BCUT2D eigenvalue weighted by Crippen LogP contribution is -2.33. The summed E-state index contributed by atoms with van der Waals surface area (Å²) in [7, 11) is 3.07. The average Bonchev–Trinajstić information content (AvgIpc) is 3.40. The largest absolute Gasteiger partial charge is 0.453 e. The Balaban J connectivity index is 1.45. The van der Waals surface area contributed by atoms with E-state index in [1.165, 1.54) is 7.11 Å². The molecule has 3 aromatic heterocycles. The van der Waals surface area contributed by atoms with Crippen LogP contribution in [0.3, 0.4) is 0 Å². The summed E-state index contributed by atoms with van der Waals surface area (Å²) in [6.07, 6.45) is 3.41. The number of imidazole rings is 1. The fraction of sp³-hybridized carbons (Fsp3) is 0.292. The monoisotopic (exact) mass is 457 g/mol. The van der Waals surface area contributed by atoms with Gasteiger partial charge in [0.2, 0.25) is 0 Å². The predicted molar refractivity (Wildman–Crippen MR) is 127 cm³/mol. The third kappa shape index (κ3) is 3.81. The smallest absolute Gasteiger partial charge is 0.407 e. The van der Waals surface area contributed by atoms with Crippen LogP contribution in [0, 0.1) is 11.3 Å². The van der Waals surface area contributed by atoms with E-state index >= 15 is 0 Å². The number of hydrogen-bond donors (Lipinski definition) is 2. The molecule has 1 aromatic carbocycles. The third-order valence-corrected chi connectivity index (χ3v) is 6.33. The number of aromatic nitrogens is 4. The van der Waals surface area contributed by atoms with E-state index in [2.05, 4.69) is 26.7 Å². The quantitative estimate of drug-likeness (QED) is 0.481. The fourth-order valence-electron chi connectivity index (χ4n) is 4.62. The van der Waals surface area contributed by atoms with Crippen LogP contribution >= 0.6 is 0 Å². The number of aryl methyl sites for hydroxylation is 1. The number of rotatable bonds is 4. The van der Waals surface area contributed by atoms with Crippen LogP contribution in [0.4, 0.5) is 16.4 Å². The molecule has 172 valence electrons. The lowest BCUT2D eigenvalue weighted by Gasteiger charge is -2.14. The van der Waals surface area contributed by atoms with Crippen LogP contribution in [0.15, 0.2) is 47.4 Å². The lowest BCUT2D eigenvalue weighted by atomic mass is 10.1. The summed E-state index contributed by atoms with van der Waals surface area (Å²) in [4.78, 5) is 33.7. The van der Waals surface area contributed by atoms with Crippen LogP contribution < -0.4 is 16.3 Å². The molecule has 4 aromatic rings. The summed E-state index contributed by atoms with van der Waals surface area (Å²) in [5.41, 5.74) is 2.73. The maximum Gasteiger partial charge on any atom is 0.407 e. The van der Waals surface area contributed by atoms with Gasteiger partial charge in [0.05, 0.1) is 41.5 Å². The first-order chi connectivity index (χ1) is 16.5. The number of ether oxygens (including phenoxy) is 1. The number of amides is 1. The molecule has 1 fully saturated rings. The lowest BCUT2D eigenvalue weighted by molar-refractivity contribution is 0.166. The number of methoxy groups -OCH3 is 1. The molecule has 34 heavy (non-hydrogen) atoms. The van der Waals surface area contributed by atoms with Gasteiger partial charge in [0.1, 0.15) is 11.6 Å². The van der Waals surface area contributed by atoms with Gasteiger partial charge in [-0.1, -0.05) is 0 Å². The molecule has 2 N–H and O–H groups in total. The molecule has 0 radical (unpaired) electrons. The van der Waals surface area contributed by atoms with Crippen molar-refractivity contribution in [2.75, 3.05) is 12.4 Å². The van der Waals surface area contributed by atoms with E-state index in [1.54, 1.807) is 34.5 Å². The highest BCUT2D eigenvalue weighted by atomic mass is 16.5. The molecular formula is C24H23N7O3. The first-order valence-corrected chi connectivity index (χ1v) is 11.0. The molecule has 5 rings (SSSR count). The summed E-state index contributed by atoms with van der Waals surface area (Å²) in [6, 6.07) is 13.0. The zero-order chi connectivity index (χ0) is 23.8. The van der Waals surface area contributed by atoms with Crippen LogP contribution in [0.1, 0.15) is 30.9 Å². The maximum atomic E-state index is 13.1. The number of nitriles is 1. The summed E-state index contributed by atoms with van der Waals surface area (Å²) in [5, 5.41) is 16.0. The molecule has 1 saturated carbocycles. The molecule has 2 atom stereocenters. The van der Waals surface area contributed by atoms with Crippen molar-refractivity contribution < 1.29 is 9.53 Å². The van der Waals surface area contributed by atoms with Crippen LogP contribution in [-0.4, -0.2) is 38.3 Å². The molecule has 1 aliphatic carbocycles. The zero-order valence-electron chi connectivity index (χ0n) is 18.8. The Hall–Kier alpha value is -4.39. The molecular weight excluding hydrogens is 434 g/mol. The van der Waals surface area contributed by atoms with Gasteiger partial charge in [-0.2, -0.15) is 5.26 Å². The number of fused-ring (bicyclic) bond motifs is 2. The van der Waals surface area contributed by atoms with Crippen molar-refractivity contribution in [1.82, 2.24) is 24.4 Å². The molecule has 0 spiro atoms. The van der Waals surface area contributed by atoms with Crippen molar-refractivity contribution in [2.24, 2.45) is 7.05 Å². The number of pyridine rings is 2. The normalized spacial score (nSPS) is 17.6. The van der Waals surface area contributed by atoms with Gasteiger partial charge in [-0.3, -0.25) is 9.13 Å². The molecule has 0 saturated heterocycles. The van der Waals surface area contributed by atoms with E-state index in [9.17, 15) is 9.59 Å². The minimum Gasteiger partial charge on any atom is -0.453 e. The Morgan fingerprint density at radius 2 is 2.03 bits per heavy atom. The highest BCUT2D eigenvalue weighted by Crippen LogP contribution is 2.32. The van der Waals surface area contributed by atoms with Gasteiger partial charge >= 0.3 is 11.8 Å². The Morgan fingerprint density at radius 3 is 2.82 bits per heavy atom. The topological polar surface area (TPSA) is 127 Å². The van der Waals surface area contributed by atoms with E-state index in [-0.39, 0.29) is 17.8 Å². The number of nitrogens with one attached hydrogen (secondary N) is 2. The standard InChI is InChI=1S/C24H23N7O3/c1-30-20-13-26-22(29-21-8-4-15-9-14(12-25)3-7-18(15)28-21)11-19(20)31(24(30)33)17-6-5-16(10-17)27-23(32)34-2/h3-4,7-9,11,13,16-17H,5-6,10H2,1-2H3,(H,27,32)(H,26,28,29)/t16-,17-/m1/s1. The Bertz CT molecular complexity index is 1520. The fourth-order valence-corrected chi connectivity index (χ4v) is 4.62. The Kier molecular flexibility index (Phi) is 5.37. The van der Waals surface area contributed by atoms with Crippen LogP contribution in [0.2, 0.25) is 0 Å². The van der Waals surface area contributed by atoms with Crippen molar-refractivity contribution in [3.8, 4) is 6.07 Å². The summed E-state index contributed by atoms with van der Waals surface area (Å²) in [5.74, 6) is 1.17. The van der Waals surface area contributed by atoms with Crippen molar-refractivity contribution in [1.29, 1.82) is 5.26 Å². The number of alkyl carbamates (subject to hydrolysis) is 1. The minimum atomic E-state index is -0.460. The molecule has 10 nitrogen and oxygen atoms in total. The van der Waals surface area contributed by atoms with Crippen molar-refractivity contribution in [3.63, 3.8) is 0 Å². The van der Waals surface area contributed by atoms with E-state index in [0.29, 0.717) is 23.6 Å². The number of anilines is 2.